The molecule has 2 heterocycles. The Bertz CT molecular complexity index is 577. The Morgan fingerprint density at radius 1 is 1.21 bits per heavy atom. The van der Waals surface area contributed by atoms with Crippen LogP contribution in [-0.2, 0) is 23.1 Å². The third kappa shape index (κ3) is 3.79. The summed E-state index contributed by atoms with van der Waals surface area (Å²) in [6.45, 7) is 1.31. The van der Waals surface area contributed by atoms with Crippen molar-refractivity contribution >= 4 is 11.8 Å². The number of aryl methyl sites for hydroxylation is 1. The van der Waals surface area contributed by atoms with Gasteiger partial charge in [-0.25, -0.2) is 0 Å². The smallest absolute Gasteiger partial charge is 0.242 e. The maximum atomic E-state index is 12.8. The molecule has 6 heteroatoms. The van der Waals surface area contributed by atoms with Crippen molar-refractivity contribution in [3.8, 4) is 0 Å². The van der Waals surface area contributed by atoms with Crippen LogP contribution in [0.3, 0.4) is 0 Å². The fraction of sp³-hybridized carbons (Fsp3) is 0.722. The third-order valence-corrected chi connectivity index (χ3v) is 5.40. The van der Waals surface area contributed by atoms with E-state index >= 15 is 0 Å². The summed E-state index contributed by atoms with van der Waals surface area (Å²) in [7, 11) is 1.90. The van der Waals surface area contributed by atoms with Crippen LogP contribution in [0, 0.1) is 5.92 Å². The molecule has 1 unspecified atom stereocenters. The van der Waals surface area contributed by atoms with E-state index in [0.717, 1.165) is 57.2 Å². The molecule has 3 rings (SSSR count). The van der Waals surface area contributed by atoms with Crippen LogP contribution in [0.4, 0.5) is 0 Å². The molecular formula is C18H28N4O2. The molecule has 6 nitrogen and oxygen atoms in total. The fourth-order valence-electron chi connectivity index (χ4n) is 3.97. The number of carbonyl (C=O) groups is 2. The van der Waals surface area contributed by atoms with Crippen LogP contribution in [0.5, 0.6) is 0 Å². The zero-order chi connectivity index (χ0) is 16.9. The zero-order valence-corrected chi connectivity index (χ0v) is 14.5. The van der Waals surface area contributed by atoms with Crippen molar-refractivity contribution in [3.63, 3.8) is 0 Å². The monoisotopic (exact) mass is 332 g/mol. The summed E-state index contributed by atoms with van der Waals surface area (Å²) in [5.74, 6) is 0.347. The van der Waals surface area contributed by atoms with Crippen molar-refractivity contribution in [3.05, 3.63) is 18.0 Å². The molecule has 1 aliphatic carbocycles. The second kappa shape index (κ2) is 7.81. The molecule has 0 radical (unpaired) electrons. The number of rotatable bonds is 5. The van der Waals surface area contributed by atoms with Gasteiger partial charge < -0.3 is 10.2 Å². The van der Waals surface area contributed by atoms with Crippen molar-refractivity contribution in [2.24, 2.45) is 13.0 Å². The predicted molar refractivity (Wildman–Crippen MR) is 91.2 cm³/mol. The van der Waals surface area contributed by atoms with Gasteiger partial charge in [-0.15, -0.1) is 0 Å². The Morgan fingerprint density at radius 2 is 2.00 bits per heavy atom. The highest BCUT2D eigenvalue weighted by atomic mass is 16.2. The number of amides is 2. The van der Waals surface area contributed by atoms with Crippen molar-refractivity contribution in [1.82, 2.24) is 20.0 Å². The summed E-state index contributed by atoms with van der Waals surface area (Å²) < 4.78 is 1.82. The molecule has 132 valence electrons. The number of nitrogens with one attached hydrogen (secondary N) is 1. The standard InChI is InChI=1S/C18H28N4O2/c1-21-15(10-12-20-21)9-11-19-17(23)16-8-5-13-22(16)18(24)14-6-3-2-4-7-14/h10,12,14,16H,2-9,11,13H2,1H3,(H,19,23). The molecule has 0 spiro atoms. The van der Waals surface area contributed by atoms with Gasteiger partial charge in [0.2, 0.25) is 11.8 Å². The quantitative estimate of drug-likeness (QED) is 0.891. The maximum Gasteiger partial charge on any atom is 0.242 e. The van der Waals surface area contributed by atoms with E-state index in [1.165, 1.54) is 6.42 Å². The van der Waals surface area contributed by atoms with Gasteiger partial charge >= 0.3 is 0 Å². The first-order valence-electron chi connectivity index (χ1n) is 9.22. The first-order chi connectivity index (χ1) is 11.7. The Labute approximate surface area is 143 Å². The highest BCUT2D eigenvalue weighted by Gasteiger charge is 2.37. The number of carbonyl (C=O) groups excluding carboxylic acids is 2. The van der Waals surface area contributed by atoms with Gasteiger partial charge in [0.15, 0.2) is 0 Å². The molecule has 2 fully saturated rings. The molecule has 1 saturated carbocycles. The van der Waals surface area contributed by atoms with E-state index in [1.807, 2.05) is 22.7 Å². The van der Waals surface area contributed by atoms with Gasteiger partial charge in [0, 0.05) is 44.4 Å². The molecule has 1 saturated heterocycles. The van der Waals surface area contributed by atoms with Gasteiger partial charge in [-0.2, -0.15) is 5.10 Å². The van der Waals surface area contributed by atoms with Gasteiger partial charge in [0.1, 0.15) is 6.04 Å². The molecule has 0 aromatic carbocycles. The van der Waals surface area contributed by atoms with Crippen molar-refractivity contribution in [1.29, 1.82) is 0 Å². The van der Waals surface area contributed by atoms with Crippen LogP contribution in [-0.4, -0.2) is 45.6 Å². The Hall–Kier alpha value is -1.85. The molecule has 2 amide bonds. The van der Waals surface area contributed by atoms with Crippen molar-refractivity contribution < 1.29 is 9.59 Å². The lowest BCUT2D eigenvalue weighted by Crippen LogP contribution is -2.48. The first-order valence-corrected chi connectivity index (χ1v) is 9.22. The molecular weight excluding hydrogens is 304 g/mol. The second-order valence-corrected chi connectivity index (χ2v) is 7.01. The van der Waals surface area contributed by atoms with Gasteiger partial charge in [-0.3, -0.25) is 14.3 Å². The van der Waals surface area contributed by atoms with E-state index in [4.69, 9.17) is 0 Å². The number of hydrogen-bond donors (Lipinski definition) is 1. The van der Waals surface area contributed by atoms with Crippen LogP contribution in [0.1, 0.15) is 50.6 Å². The van der Waals surface area contributed by atoms with Gasteiger partial charge in [-0.05, 0) is 31.7 Å². The van der Waals surface area contributed by atoms with Crippen LogP contribution in [0.25, 0.3) is 0 Å². The summed E-state index contributed by atoms with van der Waals surface area (Å²) in [6.07, 6.45) is 9.74. The van der Waals surface area contributed by atoms with Gasteiger partial charge in [0.05, 0.1) is 0 Å². The molecule has 1 atom stereocenters. The molecule has 2 aliphatic rings. The third-order valence-electron chi connectivity index (χ3n) is 5.40. The lowest BCUT2D eigenvalue weighted by atomic mass is 9.88. The van der Waals surface area contributed by atoms with Gasteiger partial charge in [0.25, 0.3) is 0 Å². The van der Waals surface area contributed by atoms with Gasteiger partial charge in [-0.1, -0.05) is 19.3 Å². The second-order valence-electron chi connectivity index (χ2n) is 7.01. The summed E-state index contributed by atoms with van der Waals surface area (Å²) in [6, 6.07) is 1.69. The van der Waals surface area contributed by atoms with E-state index in [2.05, 4.69) is 10.4 Å². The van der Waals surface area contributed by atoms with E-state index in [1.54, 1.807) is 6.20 Å². The molecule has 1 N–H and O–H groups in total. The summed E-state index contributed by atoms with van der Waals surface area (Å²) in [5, 5.41) is 7.13. The Kier molecular flexibility index (Phi) is 5.53. The minimum absolute atomic E-state index is 0.00109. The fourth-order valence-corrected chi connectivity index (χ4v) is 3.97. The van der Waals surface area contributed by atoms with Crippen LogP contribution < -0.4 is 5.32 Å². The van der Waals surface area contributed by atoms with E-state index in [-0.39, 0.29) is 23.8 Å². The molecule has 24 heavy (non-hydrogen) atoms. The minimum Gasteiger partial charge on any atom is -0.354 e. The topological polar surface area (TPSA) is 67.2 Å². The Balaban J connectivity index is 1.51. The summed E-state index contributed by atoms with van der Waals surface area (Å²) in [4.78, 5) is 27.1. The first kappa shape index (κ1) is 17.0. The number of nitrogens with zero attached hydrogens (tertiary/aromatic N) is 3. The van der Waals surface area contributed by atoms with Crippen LogP contribution in [0.2, 0.25) is 0 Å². The maximum absolute atomic E-state index is 12.8. The average molecular weight is 332 g/mol. The molecule has 1 aromatic heterocycles. The highest BCUT2D eigenvalue weighted by Crippen LogP contribution is 2.28. The zero-order valence-electron chi connectivity index (χ0n) is 14.5. The van der Waals surface area contributed by atoms with Crippen LogP contribution >= 0.6 is 0 Å². The molecule has 1 aromatic rings. The lowest BCUT2D eigenvalue weighted by Gasteiger charge is -2.30. The summed E-state index contributed by atoms with van der Waals surface area (Å²) >= 11 is 0. The normalized spacial score (nSPS) is 21.9. The average Bonchev–Trinajstić information content (AvgIpc) is 3.24. The number of likely N-dealkylation sites (tertiary alicyclic amines) is 1. The van der Waals surface area contributed by atoms with Crippen LogP contribution in [0.15, 0.2) is 12.3 Å². The predicted octanol–water partition coefficient (Wildman–Crippen LogP) is 1.65. The van der Waals surface area contributed by atoms with Crippen molar-refractivity contribution in [2.75, 3.05) is 13.1 Å². The number of hydrogen-bond acceptors (Lipinski definition) is 3. The Morgan fingerprint density at radius 3 is 2.71 bits per heavy atom. The van der Waals surface area contributed by atoms with E-state index in [0.29, 0.717) is 6.54 Å². The molecule has 1 aliphatic heterocycles. The highest BCUT2D eigenvalue weighted by molar-refractivity contribution is 5.89. The van der Waals surface area contributed by atoms with E-state index in [9.17, 15) is 9.59 Å². The van der Waals surface area contributed by atoms with Crippen molar-refractivity contribution in [2.45, 2.75) is 57.4 Å². The number of aromatic nitrogens is 2. The lowest BCUT2D eigenvalue weighted by molar-refractivity contribution is -0.142. The minimum atomic E-state index is -0.272. The van der Waals surface area contributed by atoms with E-state index < -0.39 is 0 Å². The molecule has 0 bridgehead atoms. The SMILES string of the molecule is Cn1nccc1CCNC(=O)C1CCCN1C(=O)C1CCCCC1. The largest absolute Gasteiger partial charge is 0.354 e. The summed E-state index contributed by atoms with van der Waals surface area (Å²) in [5.41, 5.74) is 1.09.